The lowest BCUT2D eigenvalue weighted by Crippen LogP contribution is -2.05. The fraction of sp³-hybridized carbons (Fsp3) is 0.0167. The lowest BCUT2D eigenvalue weighted by molar-refractivity contribution is 1.10. The molecule has 8 aromatic carbocycles. The molecule has 0 atom stereocenters. The summed E-state index contributed by atoms with van der Waals surface area (Å²) in [5, 5.41) is 14.8. The molecule has 0 saturated carbocycles. The summed E-state index contributed by atoms with van der Waals surface area (Å²) >= 11 is 0. The number of aromatic nitrogens is 4. The molecule has 4 heterocycles. The largest absolute Gasteiger partial charge is 0.309 e. The van der Waals surface area contributed by atoms with Gasteiger partial charge >= 0.3 is 0 Å². The average molecular weight is 830 g/mol. The Labute approximate surface area is 376 Å². The van der Waals surface area contributed by atoms with Gasteiger partial charge in [0.25, 0.3) is 0 Å². The van der Waals surface area contributed by atoms with Gasteiger partial charge < -0.3 is 9.13 Å². The zero-order valence-electron chi connectivity index (χ0n) is 35.5. The Kier molecular flexibility index (Phi) is 9.03. The molecule has 0 bridgehead atoms. The van der Waals surface area contributed by atoms with Crippen molar-refractivity contribution < 1.29 is 0 Å². The first-order valence-electron chi connectivity index (χ1n) is 21.9. The van der Waals surface area contributed by atoms with Gasteiger partial charge in [-0.25, -0.2) is 0 Å². The van der Waals surface area contributed by atoms with Gasteiger partial charge in [-0.15, -0.1) is 0 Å². The van der Waals surface area contributed by atoms with Crippen LogP contribution in [0.25, 0.3) is 111 Å². The van der Waals surface area contributed by atoms with E-state index in [1.807, 2.05) is 42.7 Å². The average Bonchev–Trinajstić information content (AvgIpc) is 3.88. The van der Waals surface area contributed by atoms with Gasteiger partial charge in [0.2, 0.25) is 0 Å². The maximum Gasteiger partial charge on any atom is 0.0991 e. The van der Waals surface area contributed by atoms with Gasteiger partial charge in [0.05, 0.1) is 56.5 Å². The molecular weight excluding hydrogens is 791 g/mol. The van der Waals surface area contributed by atoms with E-state index < -0.39 is 0 Å². The van der Waals surface area contributed by atoms with Crippen molar-refractivity contribution in [1.29, 1.82) is 5.26 Å². The molecule has 0 spiro atoms. The first-order chi connectivity index (χ1) is 32.1. The first kappa shape index (κ1) is 37.9. The van der Waals surface area contributed by atoms with Gasteiger partial charge in [-0.1, -0.05) is 127 Å². The molecule has 0 N–H and O–H groups in total. The minimum Gasteiger partial charge on any atom is -0.309 e. The number of hydrogen-bond donors (Lipinski definition) is 0. The topological polar surface area (TPSA) is 59.4 Å². The van der Waals surface area contributed by atoms with E-state index >= 15 is 0 Å². The molecule has 12 aromatic rings. The van der Waals surface area contributed by atoms with Crippen molar-refractivity contribution >= 4 is 43.6 Å². The van der Waals surface area contributed by atoms with Crippen LogP contribution >= 0.6 is 0 Å². The Morgan fingerprint density at radius 1 is 0.385 bits per heavy atom. The van der Waals surface area contributed by atoms with E-state index in [0.717, 1.165) is 100 Å². The highest BCUT2D eigenvalue weighted by Crippen LogP contribution is 2.43. The second kappa shape index (κ2) is 15.5. The van der Waals surface area contributed by atoms with Crippen molar-refractivity contribution in [3.63, 3.8) is 0 Å². The molecule has 0 radical (unpaired) electrons. The molecule has 0 aliphatic carbocycles. The molecule has 0 fully saturated rings. The predicted molar refractivity (Wildman–Crippen MR) is 267 cm³/mol. The highest BCUT2D eigenvalue weighted by molar-refractivity contribution is 6.13. The quantitative estimate of drug-likeness (QED) is 0.161. The lowest BCUT2D eigenvalue weighted by atomic mass is 9.97. The number of fused-ring (bicyclic) bond motifs is 6. The summed E-state index contributed by atoms with van der Waals surface area (Å²) in [4.78, 5) is 9.44. The van der Waals surface area contributed by atoms with Crippen LogP contribution in [0.4, 0.5) is 0 Å². The van der Waals surface area contributed by atoms with E-state index in [2.05, 4.69) is 198 Å². The van der Waals surface area contributed by atoms with Crippen LogP contribution in [0.1, 0.15) is 11.1 Å². The highest BCUT2D eigenvalue weighted by atomic mass is 15.0. The molecular formula is C60H39N5. The fourth-order valence-electron chi connectivity index (χ4n) is 9.77. The zero-order chi connectivity index (χ0) is 43.4. The molecule has 0 amide bonds. The number of nitrogens with zero attached hydrogens (tertiary/aromatic N) is 5. The van der Waals surface area contributed by atoms with Crippen LogP contribution in [0.2, 0.25) is 0 Å². The Bertz CT molecular complexity index is 3850. The summed E-state index contributed by atoms with van der Waals surface area (Å²) in [6.07, 6.45) is 3.80. The summed E-state index contributed by atoms with van der Waals surface area (Å²) in [7, 11) is 0. The Balaban J connectivity index is 1.08. The zero-order valence-corrected chi connectivity index (χ0v) is 35.5. The number of para-hydroxylation sites is 2. The van der Waals surface area contributed by atoms with E-state index in [-0.39, 0.29) is 0 Å². The van der Waals surface area contributed by atoms with Crippen LogP contribution in [0.5, 0.6) is 0 Å². The summed E-state index contributed by atoms with van der Waals surface area (Å²) in [5.74, 6) is 0. The maximum absolute atomic E-state index is 10.1. The number of hydrogen-bond acceptors (Lipinski definition) is 3. The Hall–Kier alpha value is -8.85. The normalized spacial score (nSPS) is 11.4. The third kappa shape index (κ3) is 6.39. The summed E-state index contributed by atoms with van der Waals surface area (Å²) < 4.78 is 4.85. The maximum atomic E-state index is 10.1. The van der Waals surface area contributed by atoms with Crippen LogP contribution in [-0.2, 0) is 0 Å². The van der Waals surface area contributed by atoms with Crippen molar-refractivity contribution in [1.82, 2.24) is 19.1 Å². The van der Waals surface area contributed by atoms with Crippen molar-refractivity contribution in [2.45, 2.75) is 6.92 Å². The van der Waals surface area contributed by atoms with Gasteiger partial charge in [-0.05, 0) is 119 Å². The third-order valence-corrected chi connectivity index (χ3v) is 12.8. The molecule has 0 saturated heterocycles. The van der Waals surface area contributed by atoms with Crippen molar-refractivity contribution in [3.05, 3.63) is 230 Å². The SMILES string of the molecule is Cc1c(-n2c3ccccc3c3cc(-c4ccnc(-c5ccccc5)c4)ccc32)ccc(-c2cccc(C#N)c2)c1-n1c2ccccc2c2cc(-c3ccnc(-c4ccccc4)c3)ccc21. The Morgan fingerprint density at radius 3 is 1.46 bits per heavy atom. The van der Waals surface area contributed by atoms with Gasteiger partial charge in [0.1, 0.15) is 0 Å². The molecule has 0 aliphatic rings. The second-order valence-corrected chi connectivity index (χ2v) is 16.6. The highest BCUT2D eigenvalue weighted by Gasteiger charge is 2.23. The fourth-order valence-corrected chi connectivity index (χ4v) is 9.77. The van der Waals surface area contributed by atoms with Gasteiger partial charge in [0.15, 0.2) is 0 Å². The van der Waals surface area contributed by atoms with E-state index in [9.17, 15) is 5.26 Å². The molecule has 0 unspecified atom stereocenters. The summed E-state index contributed by atoms with van der Waals surface area (Å²) in [6, 6.07) is 75.1. The van der Waals surface area contributed by atoms with E-state index in [1.54, 1.807) is 0 Å². The standard InChI is InChI=1S/C60H39N5/c1-39-55(64-56-21-10-8-19-49(56)51-34-43(23-26-58(51)64)45-29-31-62-53(36-45)41-14-4-2-5-15-41)28-25-48(47-18-12-13-40(33-47)38-61)60(39)65-57-22-11-9-20-50(57)52-35-44(24-27-59(52)65)46-30-32-63-54(37-46)42-16-6-3-7-17-42/h2-37H,1H3. The van der Waals surface area contributed by atoms with E-state index in [4.69, 9.17) is 9.97 Å². The lowest BCUT2D eigenvalue weighted by Gasteiger charge is -2.21. The summed E-state index contributed by atoms with van der Waals surface area (Å²) in [6.45, 7) is 2.25. The first-order valence-corrected chi connectivity index (χ1v) is 21.9. The molecule has 0 aliphatic heterocycles. The molecule has 5 heteroatoms. The minimum atomic E-state index is 0.623. The summed E-state index contributed by atoms with van der Waals surface area (Å²) in [5.41, 5.74) is 19.0. The van der Waals surface area contributed by atoms with E-state index in [1.165, 1.54) is 16.2 Å². The molecule has 4 aromatic heterocycles. The number of rotatable bonds is 7. The van der Waals surface area contributed by atoms with Gasteiger partial charge in [0, 0.05) is 50.6 Å². The number of nitriles is 1. The van der Waals surface area contributed by atoms with E-state index in [0.29, 0.717) is 5.56 Å². The van der Waals surface area contributed by atoms with Crippen LogP contribution in [-0.4, -0.2) is 19.1 Å². The van der Waals surface area contributed by atoms with Crippen molar-refractivity contribution in [3.8, 4) is 73.3 Å². The van der Waals surface area contributed by atoms with Crippen LogP contribution in [0.15, 0.2) is 219 Å². The molecule has 5 nitrogen and oxygen atoms in total. The molecule has 65 heavy (non-hydrogen) atoms. The van der Waals surface area contributed by atoms with Crippen LogP contribution < -0.4 is 0 Å². The Morgan fingerprint density at radius 2 is 0.877 bits per heavy atom. The van der Waals surface area contributed by atoms with Crippen LogP contribution in [0.3, 0.4) is 0 Å². The predicted octanol–water partition coefficient (Wildman–Crippen LogP) is 15.2. The monoisotopic (exact) mass is 829 g/mol. The smallest absolute Gasteiger partial charge is 0.0991 e. The van der Waals surface area contributed by atoms with Crippen molar-refractivity contribution in [2.24, 2.45) is 0 Å². The minimum absolute atomic E-state index is 0.623. The van der Waals surface area contributed by atoms with Gasteiger partial charge in [-0.3, -0.25) is 9.97 Å². The number of benzene rings is 8. The molecule has 304 valence electrons. The number of pyridine rings is 2. The third-order valence-electron chi connectivity index (χ3n) is 12.8. The second-order valence-electron chi connectivity index (χ2n) is 16.6. The molecule has 12 rings (SSSR count). The van der Waals surface area contributed by atoms with Crippen LogP contribution in [0, 0.1) is 18.3 Å². The van der Waals surface area contributed by atoms with Crippen molar-refractivity contribution in [2.75, 3.05) is 0 Å². The van der Waals surface area contributed by atoms with Gasteiger partial charge in [-0.2, -0.15) is 5.26 Å².